The third-order valence-corrected chi connectivity index (χ3v) is 5.91. The van der Waals surface area contributed by atoms with Crippen LogP contribution in [0, 0.1) is 12.3 Å². The topological polar surface area (TPSA) is 49.4 Å². The summed E-state index contributed by atoms with van der Waals surface area (Å²) in [6.07, 6.45) is 0. The monoisotopic (exact) mass is 362 g/mol. The zero-order valence-electron chi connectivity index (χ0n) is 16.3. The summed E-state index contributed by atoms with van der Waals surface area (Å²) < 4.78 is 0. The van der Waals surface area contributed by atoms with Crippen molar-refractivity contribution in [2.45, 2.75) is 65.4 Å². The van der Waals surface area contributed by atoms with Gasteiger partial charge in [-0.2, -0.15) is 0 Å². The van der Waals surface area contributed by atoms with Crippen molar-refractivity contribution in [2.24, 2.45) is 5.41 Å². The first-order valence-corrected chi connectivity index (χ1v) is 9.78. The minimum Gasteiger partial charge on any atom is -0.350 e. The standard InChI is InChI=1S/C20H30N2O2S/c1-13-10-8-9-11-14(13)17(24)22-15(16(23)21-20(5,6)7)12-25-18(22)19(2,3)4/h8-11,15,18H,12H2,1-7H3,(H,21,23)/t15-,18-/m1/s1. The highest BCUT2D eigenvalue weighted by Gasteiger charge is 2.47. The number of nitrogens with zero attached hydrogens (tertiary/aromatic N) is 1. The van der Waals surface area contributed by atoms with Crippen LogP contribution in [0.4, 0.5) is 0 Å². The summed E-state index contributed by atoms with van der Waals surface area (Å²) in [6.45, 7) is 14.2. The Morgan fingerprint density at radius 2 is 1.72 bits per heavy atom. The molecule has 2 amide bonds. The number of amides is 2. The highest BCUT2D eigenvalue weighted by molar-refractivity contribution is 8.00. The first-order valence-electron chi connectivity index (χ1n) is 8.74. The molecule has 0 saturated carbocycles. The van der Waals surface area contributed by atoms with Crippen LogP contribution in [0.5, 0.6) is 0 Å². The molecule has 0 aliphatic carbocycles. The summed E-state index contributed by atoms with van der Waals surface area (Å²) in [5.41, 5.74) is 1.18. The second kappa shape index (κ2) is 7.02. The van der Waals surface area contributed by atoms with Crippen LogP contribution in [0.3, 0.4) is 0 Å². The van der Waals surface area contributed by atoms with E-state index in [1.165, 1.54) is 0 Å². The van der Waals surface area contributed by atoms with E-state index in [0.29, 0.717) is 11.3 Å². The van der Waals surface area contributed by atoms with Gasteiger partial charge in [-0.15, -0.1) is 11.8 Å². The predicted molar refractivity (Wildman–Crippen MR) is 105 cm³/mol. The summed E-state index contributed by atoms with van der Waals surface area (Å²) in [7, 11) is 0. The van der Waals surface area contributed by atoms with Crippen molar-refractivity contribution in [3.8, 4) is 0 Å². The lowest BCUT2D eigenvalue weighted by Crippen LogP contribution is -2.55. The van der Waals surface area contributed by atoms with Crippen molar-refractivity contribution in [2.75, 3.05) is 5.75 Å². The largest absolute Gasteiger partial charge is 0.350 e. The van der Waals surface area contributed by atoms with Crippen molar-refractivity contribution >= 4 is 23.6 Å². The highest BCUT2D eigenvalue weighted by Crippen LogP contribution is 2.41. The maximum atomic E-state index is 13.3. The van der Waals surface area contributed by atoms with Crippen LogP contribution in [0.2, 0.25) is 0 Å². The molecule has 5 heteroatoms. The first kappa shape index (κ1) is 19.8. The van der Waals surface area contributed by atoms with Crippen molar-refractivity contribution < 1.29 is 9.59 Å². The van der Waals surface area contributed by atoms with Gasteiger partial charge in [-0.3, -0.25) is 9.59 Å². The van der Waals surface area contributed by atoms with Gasteiger partial charge in [0.05, 0.1) is 5.37 Å². The van der Waals surface area contributed by atoms with Crippen LogP contribution < -0.4 is 5.32 Å². The number of carbonyl (C=O) groups excluding carboxylic acids is 2. The average molecular weight is 363 g/mol. The lowest BCUT2D eigenvalue weighted by molar-refractivity contribution is -0.126. The molecule has 0 radical (unpaired) electrons. The molecule has 1 fully saturated rings. The Bertz CT molecular complexity index is 658. The number of nitrogens with one attached hydrogen (secondary N) is 1. The Labute approximate surface area is 155 Å². The summed E-state index contributed by atoms with van der Waals surface area (Å²) in [6, 6.07) is 7.14. The van der Waals surface area contributed by atoms with Gasteiger partial charge in [0, 0.05) is 16.9 Å². The molecule has 4 nitrogen and oxygen atoms in total. The van der Waals surface area contributed by atoms with Gasteiger partial charge in [-0.25, -0.2) is 0 Å². The van der Waals surface area contributed by atoms with Gasteiger partial charge in [-0.05, 0) is 44.7 Å². The van der Waals surface area contributed by atoms with Gasteiger partial charge in [0.2, 0.25) is 5.91 Å². The molecule has 1 aromatic carbocycles. The molecule has 0 spiro atoms. The number of hydrogen-bond acceptors (Lipinski definition) is 3. The van der Waals surface area contributed by atoms with Crippen LogP contribution in [0.15, 0.2) is 24.3 Å². The van der Waals surface area contributed by atoms with Crippen LogP contribution >= 0.6 is 11.8 Å². The minimum atomic E-state index is -0.444. The lowest BCUT2D eigenvalue weighted by atomic mass is 9.93. The van der Waals surface area contributed by atoms with Gasteiger partial charge in [0.15, 0.2) is 0 Å². The Hall–Kier alpha value is -1.49. The van der Waals surface area contributed by atoms with Crippen LogP contribution in [0.1, 0.15) is 57.5 Å². The number of benzene rings is 1. The first-order chi connectivity index (χ1) is 11.4. The molecule has 0 aromatic heterocycles. The van der Waals surface area contributed by atoms with E-state index < -0.39 is 6.04 Å². The summed E-state index contributed by atoms with van der Waals surface area (Å²) in [5, 5.41) is 3.01. The fourth-order valence-corrected chi connectivity index (χ4v) is 4.61. The molecule has 1 heterocycles. The van der Waals surface area contributed by atoms with Gasteiger partial charge in [0.1, 0.15) is 6.04 Å². The maximum Gasteiger partial charge on any atom is 0.255 e. The molecule has 1 aliphatic heterocycles. The van der Waals surface area contributed by atoms with Gasteiger partial charge >= 0.3 is 0 Å². The van der Waals surface area contributed by atoms with E-state index in [4.69, 9.17) is 0 Å². The molecule has 1 aliphatic rings. The van der Waals surface area contributed by atoms with Crippen LogP contribution in [-0.4, -0.2) is 39.4 Å². The normalized spacial score (nSPS) is 21.3. The summed E-state index contributed by atoms with van der Waals surface area (Å²) >= 11 is 1.69. The van der Waals surface area contributed by atoms with Crippen molar-refractivity contribution in [3.05, 3.63) is 35.4 Å². The second-order valence-corrected chi connectivity index (χ2v) is 9.95. The Balaban J connectivity index is 2.39. The molecular weight excluding hydrogens is 332 g/mol. The molecule has 0 unspecified atom stereocenters. The van der Waals surface area contributed by atoms with E-state index in [9.17, 15) is 9.59 Å². The number of hydrogen-bond donors (Lipinski definition) is 1. The molecule has 2 atom stereocenters. The van der Waals surface area contributed by atoms with Gasteiger partial charge < -0.3 is 10.2 Å². The number of carbonyl (C=O) groups is 2. The third kappa shape index (κ3) is 4.57. The third-order valence-electron chi connectivity index (χ3n) is 4.15. The zero-order valence-corrected chi connectivity index (χ0v) is 17.2. The maximum absolute atomic E-state index is 13.3. The average Bonchev–Trinajstić information content (AvgIpc) is 2.90. The molecule has 138 valence electrons. The summed E-state index contributed by atoms with van der Waals surface area (Å²) in [5.74, 6) is 0.493. The van der Waals surface area contributed by atoms with Crippen LogP contribution in [0.25, 0.3) is 0 Å². The molecule has 1 saturated heterocycles. The molecule has 1 aromatic rings. The predicted octanol–water partition coefficient (Wildman–Crippen LogP) is 3.84. The fourth-order valence-electron chi connectivity index (χ4n) is 3.03. The van der Waals surface area contributed by atoms with Crippen molar-refractivity contribution in [1.29, 1.82) is 0 Å². The molecule has 25 heavy (non-hydrogen) atoms. The minimum absolute atomic E-state index is 0.0321. The van der Waals surface area contributed by atoms with Crippen molar-refractivity contribution in [1.82, 2.24) is 10.2 Å². The second-order valence-electron chi connectivity index (χ2n) is 8.83. The lowest BCUT2D eigenvalue weighted by Gasteiger charge is -2.37. The molecule has 0 bridgehead atoms. The van der Waals surface area contributed by atoms with E-state index in [1.54, 1.807) is 16.7 Å². The fraction of sp³-hybridized carbons (Fsp3) is 0.600. The van der Waals surface area contributed by atoms with E-state index in [-0.39, 0.29) is 28.1 Å². The van der Waals surface area contributed by atoms with E-state index >= 15 is 0 Å². The zero-order chi connectivity index (χ0) is 19.0. The summed E-state index contributed by atoms with van der Waals surface area (Å²) in [4.78, 5) is 28.0. The Morgan fingerprint density at radius 3 is 2.24 bits per heavy atom. The quantitative estimate of drug-likeness (QED) is 0.870. The van der Waals surface area contributed by atoms with Crippen LogP contribution in [-0.2, 0) is 4.79 Å². The Kier molecular flexibility index (Phi) is 5.57. The SMILES string of the molecule is Cc1ccccc1C(=O)N1[C@@H](C(=O)NC(C)(C)C)CS[C@@H]1C(C)(C)C. The van der Waals surface area contributed by atoms with Crippen molar-refractivity contribution in [3.63, 3.8) is 0 Å². The molecule has 2 rings (SSSR count). The number of aryl methyl sites for hydroxylation is 1. The molecular formula is C20H30N2O2S. The highest BCUT2D eigenvalue weighted by atomic mass is 32.2. The number of thioether (sulfide) groups is 1. The van der Waals surface area contributed by atoms with E-state index in [2.05, 4.69) is 26.1 Å². The Morgan fingerprint density at radius 1 is 1.12 bits per heavy atom. The smallest absolute Gasteiger partial charge is 0.255 e. The van der Waals surface area contributed by atoms with Gasteiger partial charge in [0.25, 0.3) is 5.91 Å². The van der Waals surface area contributed by atoms with E-state index in [0.717, 1.165) is 5.56 Å². The number of rotatable bonds is 2. The van der Waals surface area contributed by atoms with Gasteiger partial charge in [-0.1, -0.05) is 39.0 Å². The van der Waals surface area contributed by atoms with E-state index in [1.807, 2.05) is 52.0 Å². The molecule has 1 N–H and O–H groups in total.